The summed E-state index contributed by atoms with van der Waals surface area (Å²) in [5, 5.41) is 2.87. The number of nitrogens with one attached hydrogen (secondary N) is 1. The fraction of sp³-hybridized carbons (Fsp3) is 0.462. The maximum absolute atomic E-state index is 11.5. The van der Waals surface area contributed by atoms with Gasteiger partial charge in [-0.05, 0) is 24.6 Å². The number of hydrogen-bond acceptors (Lipinski definition) is 3. The highest BCUT2D eigenvalue weighted by atomic mass is 32.2. The molecule has 0 fully saturated rings. The zero-order chi connectivity index (χ0) is 13.9. The van der Waals surface area contributed by atoms with Crippen LogP contribution in [0.3, 0.4) is 0 Å². The predicted molar refractivity (Wildman–Crippen MR) is 70.9 cm³/mol. The Balaban J connectivity index is 2.83. The van der Waals surface area contributed by atoms with Gasteiger partial charge in [-0.15, -0.1) is 0 Å². The van der Waals surface area contributed by atoms with Gasteiger partial charge in [0.2, 0.25) is 5.91 Å². The van der Waals surface area contributed by atoms with Crippen molar-refractivity contribution in [1.29, 1.82) is 0 Å². The first-order valence-corrected chi connectivity index (χ1v) is 7.71. The SMILES string of the molecule is CC(C)C(=O)NC(C)c1ccc(S(C)(=O)=O)cc1. The molecule has 1 amide bonds. The Morgan fingerprint density at radius 3 is 2.00 bits per heavy atom. The van der Waals surface area contributed by atoms with Crippen molar-refractivity contribution in [1.82, 2.24) is 5.32 Å². The third-order valence-electron chi connectivity index (χ3n) is 2.69. The van der Waals surface area contributed by atoms with Crippen LogP contribution in [-0.2, 0) is 14.6 Å². The first-order valence-electron chi connectivity index (χ1n) is 5.82. The van der Waals surface area contributed by atoms with Crippen LogP contribution in [0.4, 0.5) is 0 Å². The molecule has 0 bridgehead atoms. The lowest BCUT2D eigenvalue weighted by molar-refractivity contribution is -0.124. The Morgan fingerprint density at radius 2 is 1.61 bits per heavy atom. The monoisotopic (exact) mass is 269 g/mol. The molecule has 1 aromatic carbocycles. The second-order valence-electron chi connectivity index (χ2n) is 4.73. The molecule has 0 aliphatic carbocycles. The molecule has 1 rings (SSSR count). The fourth-order valence-electron chi connectivity index (χ4n) is 1.47. The van der Waals surface area contributed by atoms with E-state index in [4.69, 9.17) is 0 Å². The lowest BCUT2D eigenvalue weighted by Crippen LogP contribution is -2.30. The van der Waals surface area contributed by atoms with Crippen LogP contribution in [0.25, 0.3) is 0 Å². The molecule has 0 radical (unpaired) electrons. The normalized spacial score (nSPS) is 13.4. The van der Waals surface area contributed by atoms with E-state index in [1.54, 1.807) is 24.3 Å². The molecule has 1 N–H and O–H groups in total. The van der Waals surface area contributed by atoms with E-state index in [2.05, 4.69) is 5.32 Å². The van der Waals surface area contributed by atoms with Gasteiger partial charge in [-0.25, -0.2) is 8.42 Å². The summed E-state index contributed by atoms with van der Waals surface area (Å²) in [6.45, 7) is 5.53. The molecule has 0 aliphatic heterocycles. The Kier molecular flexibility index (Phi) is 4.51. The fourth-order valence-corrected chi connectivity index (χ4v) is 2.10. The summed E-state index contributed by atoms with van der Waals surface area (Å²) in [7, 11) is -3.17. The van der Waals surface area contributed by atoms with Crippen LogP contribution in [0.5, 0.6) is 0 Å². The topological polar surface area (TPSA) is 63.2 Å². The average molecular weight is 269 g/mol. The molecule has 0 saturated carbocycles. The number of sulfone groups is 1. The molecule has 1 atom stereocenters. The van der Waals surface area contributed by atoms with Crippen molar-refractivity contribution in [3.63, 3.8) is 0 Å². The number of carbonyl (C=O) groups excluding carboxylic acids is 1. The molecule has 0 spiro atoms. The predicted octanol–water partition coefficient (Wildman–Crippen LogP) is 1.92. The van der Waals surface area contributed by atoms with Gasteiger partial charge in [0.25, 0.3) is 0 Å². The summed E-state index contributed by atoms with van der Waals surface area (Å²) < 4.78 is 22.6. The van der Waals surface area contributed by atoms with Gasteiger partial charge in [0, 0.05) is 12.2 Å². The van der Waals surface area contributed by atoms with Crippen molar-refractivity contribution >= 4 is 15.7 Å². The molecule has 1 aromatic rings. The Hall–Kier alpha value is -1.36. The Labute approximate surface area is 108 Å². The molecular formula is C13H19NO3S. The molecule has 0 aromatic heterocycles. The Bertz CT molecular complexity index is 518. The molecule has 4 nitrogen and oxygen atoms in total. The standard InChI is InChI=1S/C13H19NO3S/c1-9(2)13(15)14-10(3)11-5-7-12(8-6-11)18(4,16)17/h5-10H,1-4H3,(H,14,15). The van der Waals surface area contributed by atoms with Crippen LogP contribution in [0.15, 0.2) is 29.2 Å². The number of benzene rings is 1. The van der Waals surface area contributed by atoms with Gasteiger partial charge in [0.05, 0.1) is 10.9 Å². The highest BCUT2D eigenvalue weighted by Crippen LogP contribution is 2.16. The van der Waals surface area contributed by atoms with E-state index in [-0.39, 0.29) is 22.8 Å². The minimum atomic E-state index is -3.17. The number of carbonyl (C=O) groups is 1. The van der Waals surface area contributed by atoms with Gasteiger partial charge < -0.3 is 5.32 Å². The van der Waals surface area contributed by atoms with Gasteiger partial charge in [-0.3, -0.25) is 4.79 Å². The van der Waals surface area contributed by atoms with E-state index < -0.39 is 9.84 Å². The van der Waals surface area contributed by atoms with Crippen molar-refractivity contribution in [3.8, 4) is 0 Å². The minimum absolute atomic E-state index is 0.0188. The third-order valence-corrected chi connectivity index (χ3v) is 3.82. The van der Waals surface area contributed by atoms with Crippen LogP contribution >= 0.6 is 0 Å². The first-order chi connectivity index (χ1) is 8.21. The Morgan fingerprint density at radius 1 is 1.11 bits per heavy atom. The molecule has 100 valence electrons. The molecule has 1 unspecified atom stereocenters. The maximum atomic E-state index is 11.5. The van der Waals surface area contributed by atoms with Crippen molar-refractivity contribution in [2.45, 2.75) is 31.7 Å². The molecule has 18 heavy (non-hydrogen) atoms. The van der Waals surface area contributed by atoms with E-state index in [9.17, 15) is 13.2 Å². The van der Waals surface area contributed by atoms with Crippen LogP contribution in [0, 0.1) is 5.92 Å². The van der Waals surface area contributed by atoms with Gasteiger partial charge in [-0.2, -0.15) is 0 Å². The van der Waals surface area contributed by atoms with E-state index >= 15 is 0 Å². The number of rotatable bonds is 4. The van der Waals surface area contributed by atoms with E-state index in [0.717, 1.165) is 5.56 Å². The molecule has 5 heteroatoms. The van der Waals surface area contributed by atoms with E-state index in [0.29, 0.717) is 0 Å². The van der Waals surface area contributed by atoms with Crippen LogP contribution in [0.1, 0.15) is 32.4 Å². The van der Waals surface area contributed by atoms with E-state index in [1.807, 2.05) is 20.8 Å². The summed E-state index contributed by atoms with van der Waals surface area (Å²) in [6.07, 6.45) is 1.17. The lowest BCUT2D eigenvalue weighted by atomic mass is 10.1. The van der Waals surface area contributed by atoms with Gasteiger partial charge >= 0.3 is 0 Å². The molecule has 0 heterocycles. The summed E-state index contributed by atoms with van der Waals surface area (Å²) in [4.78, 5) is 11.8. The van der Waals surface area contributed by atoms with Crippen LogP contribution < -0.4 is 5.32 Å². The quantitative estimate of drug-likeness (QED) is 0.908. The third kappa shape index (κ3) is 3.84. The molecular weight excluding hydrogens is 250 g/mol. The second kappa shape index (κ2) is 5.52. The van der Waals surface area contributed by atoms with Crippen molar-refractivity contribution < 1.29 is 13.2 Å². The van der Waals surface area contributed by atoms with Gasteiger partial charge in [-0.1, -0.05) is 26.0 Å². The minimum Gasteiger partial charge on any atom is -0.349 e. The number of amides is 1. The highest BCUT2D eigenvalue weighted by Gasteiger charge is 2.13. The average Bonchev–Trinajstić information content (AvgIpc) is 2.27. The smallest absolute Gasteiger partial charge is 0.223 e. The summed E-state index contributed by atoms with van der Waals surface area (Å²) in [5.74, 6) is -0.0857. The van der Waals surface area contributed by atoms with Gasteiger partial charge in [0.1, 0.15) is 0 Å². The van der Waals surface area contributed by atoms with Crippen molar-refractivity contribution in [3.05, 3.63) is 29.8 Å². The molecule has 0 aliphatic rings. The highest BCUT2D eigenvalue weighted by molar-refractivity contribution is 7.90. The first kappa shape index (κ1) is 14.7. The van der Waals surface area contributed by atoms with Gasteiger partial charge in [0.15, 0.2) is 9.84 Å². The van der Waals surface area contributed by atoms with Crippen LogP contribution in [0.2, 0.25) is 0 Å². The van der Waals surface area contributed by atoms with Crippen molar-refractivity contribution in [2.24, 2.45) is 5.92 Å². The zero-order valence-electron chi connectivity index (χ0n) is 11.1. The lowest BCUT2D eigenvalue weighted by Gasteiger charge is -2.16. The summed E-state index contributed by atoms with van der Waals surface area (Å²) in [6, 6.07) is 6.43. The zero-order valence-corrected chi connectivity index (χ0v) is 11.9. The summed E-state index contributed by atoms with van der Waals surface area (Å²) in [5.41, 5.74) is 0.886. The maximum Gasteiger partial charge on any atom is 0.223 e. The number of hydrogen-bond donors (Lipinski definition) is 1. The van der Waals surface area contributed by atoms with E-state index in [1.165, 1.54) is 6.26 Å². The largest absolute Gasteiger partial charge is 0.349 e. The van der Waals surface area contributed by atoms with Crippen LogP contribution in [-0.4, -0.2) is 20.6 Å². The summed E-state index contributed by atoms with van der Waals surface area (Å²) >= 11 is 0. The second-order valence-corrected chi connectivity index (χ2v) is 6.74. The molecule has 0 saturated heterocycles. The van der Waals surface area contributed by atoms with Crippen molar-refractivity contribution in [2.75, 3.05) is 6.26 Å².